The minimum atomic E-state index is -3.51. The van der Waals surface area contributed by atoms with E-state index in [1.54, 1.807) is 18.2 Å². The number of nitrogens with one attached hydrogen (secondary N) is 2. The highest BCUT2D eigenvalue weighted by atomic mass is 32.2. The lowest BCUT2D eigenvalue weighted by Gasteiger charge is -2.09. The summed E-state index contributed by atoms with van der Waals surface area (Å²) in [4.78, 5) is 12.2. The molecule has 26 heavy (non-hydrogen) atoms. The number of anilines is 1. The molecule has 2 aromatic rings. The van der Waals surface area contributed by atoms with Gasteiger partial charge in [-0.15, -0.1) is 0 Å². The highest BCUT2D eigenvalue weighted by Gasteiger charge is 2.13. The van der Waals surface area contributed by atoms with E-state index in [1.165, 1.54) is 12.1 Å². The summed E-state index contributed by atoms with van der Waals surface area (Å²) in [5.74, 6) is 0.328. The number of carbonyl (C=O) groups excluding carboxylic acids is 1. The highest BCUT2D eigenvalue weighted by molar-refractivity contribution is 7.89. The molecule has 0 spiro atoms. The lowest BCUT2D eigenvalue weighted by atomic mass is 10.2. The van der Waals surface area contributed by atoms with Crippen molar-refractivity contribution in [3.63, 3.8) is 0 Å². The first kappa shape index (κ1) is 19.9. The molecule has 0 unspecified atom stereocenters. The Kier molecular flexibility index (Phi) is 7.17. The molecule has 2 rings (SSSR count). The lowest BCUT2D eigenvalue weighted by Crippen LogP contribution is -2.24. The molecule has 0 aliphatic rings. The van der Waals surface area contributed by atoms with Crippen LogP contribution < -0.4 is 14.8 Å². The summed E-state index contributed by atoms with van der Waals surface area (Å²) in [5, 5.41) is 2.68. The van der Waals surface area contributed by atoms with Gasteiger partial charge in [-0.3, -0.25) is 4.79 Å². The molecule has 0 saturated heterocycles. The van der Waals surface area contributed by atoms with Gasteiger partial charge in [0.05, 0.1) is 4.90 Å². The van der Waals surface area contributed by atoms with Crippen molar-refractivity contribution < 1.29 is 17.9 Å². The zero-order valence-corrected chi connectivity index (χ0v) is 15.8. The van der Waals surface area contributed by atoms with E-state index < -0.39 is 10.0 Å². The van der Waals surface area contributed by atoms with Gasteiger partial charge in [-0.1, -0.05) is 26.0 Å². The van der Waals surface area contributed by atoms with Crippen LogP contribution in [0.4, 0.5) is 5.69 Å². The molecule has 2 aromatic carbocycles. The minimum Gasteiger partial charge on any atom is -0.484 e. The van der Waals surface area contributed by atoms with Gasteiger partial charge in [0.1, 0.15) is 5.75 Å². The molecule has 7 heteroatoms. The van der Waals surface area contributed by atoms with Crippen LogP contribution >= 0.6 is 0 Å². The van der Waals surface area contributed by atoms with Gasteiger partial charge in [-0.25, -0.2) is 13.1 Å². The van der Waals surface area contributed by atoms with Crippen LogP contribution in [-0.2, 0) is 21.2 Å². The second kappa shape index (κ2) is 9.35. The van der Waals surface area contributed by atoms with Crippen LogP contribution in [0.15, 0.2) is 53.4 Å². The predicted octanol–water partition coefficient (Wildman–Crippen LogP) is 2.95. The molecule has 0 radical (unpaired) electrons. The quantitative estimate of drug-likeness (QED) is 0.705. The van der Waals surface area contributed by atoms with E-state index in [2.05, 4.69) is 10.0 Å². The topological polar surface area (TPSA) is 84.5 Å². The molecule has 6 nitrogen and oxygen atoms in total. The van der Waals surface area contributed by atoms with Crippen molar-refractivity contribution in [2.45, 2.75) is 31.6 Å². The minimum absolute atomic E-state index is 0.120. The van der Waals surface area contributed by atoms with Gasteiger partial charge in [-0.2, -0.15) is 0 Å². The van der Waals surface area contributed by atoms with Crippen LogP contribution in [0.1, 0.15) is 25.8 Å². The molecule has 0 aromatic heterocycles. The van der Waals surface area contributed by atoms with Crippen LogP contribution in [0.3, 0.4) is 0 Å². The first-order chi connectivity index (χ1) is 12.4. The van der Waals surface area contributed by atoms with E-state index in [0.717, 1.165) is 12.0 Å². The van der Waals surface area contributed by atoms with Crippen molar-refractivity contribution >= 4 is 21.6 Å². The SMILES string of the molecule is CCCNS(=O)(=O)c1ccc(NC(=O)COc2cccc(CC)c2)cc1. The molecule has 1 amide bonds. The third-order valence-corrected chi connectivity index (χ3v) is 5.14. The number of ether oxygens (including phenoxy) is 1. The van der Waals surface area contributed by atoms with Gasteiger partial charge in [0, 0.05) is 12.2 Å². The summed E-state index contributed by atoms with van der Waals surface area (Å²) in [7, 11) is -3.51. The van der Waals surface area contributed by atoms with Gasteiger partial charge in [-0.05, 0) is 54.8 Å². The molecule has 0 saturated carbocycles. The van der Waals surface area contributed by atoms with Gasteiger partial charge in [0.25, 0.3) is 5.91 Å². The monoisotopic (exact) mass is 376 g/mol. The van der Waals surface area contributed by atoms with Crippen molar-refractivity contribution in [2.24, 2.45) is 0 Å². The Balaban J connectivity index is 1.90. The molecular formula is C19H24N2O4S. The number of amides is 1. The largest absolute Gasteiger partial charge is 0.484 e. The maximum absolute atomic E-state index is 12.0. The summed E-state index contributed by atoms with van der Waals surface area (Å²) in [5.41, 5.74) is 1.65. The second-order valence-electron chi connectivity index (χ2n) is 5.76. The van der Waals surface area contributed by atoms with Crippen LogP contribution in [-0.4, -0.2) is 27.5 Å². The van der Waals surface area contributed by atoms with Crippen LogP contribution in [0.5, 0.6) is 5.75 Å². The zero-order chi connectivity index (χ0) is 19.0. The van der Waals surface area contributed by atoms with Gasteiger partial charge < -0.3 is 10.1 Å². The lowest BCUT2D eigenvalue weighted by molar-refractivity contribution is -0.118. The molecule has 0 aliphatic heterocycles. The van der Waals surface area contributed by atoms with Crippen LogP contribution in [0.2, 0.25) is 0 Å². The Morgan fingerprint density at radius 1 is 1.08 bits per heavy atom. The fourth-order valence-corrected chi connectivity index (χ4v) is 3.37. The second-order valence-corrected chi connectivity index (χ2v) is 7.53. The number of aryl methyl sites for hydroxylation is 1. The summed E-state index contributed by atoms with van der Waals surface area (Å²) < 4.78 is 32.0. The first-order valence-corrected chi connectivity index (χ1v) is 10.0. The molecule has 0 fully saturated rings. The molecule has 2 N–H and O–H groups in total. The molecule has 0 aliphatic carbocycles. The van der Waals surface area contributed by atoms with Crippen molar-refractivity contribution in [1.29, 1.82) is 0 Å². The Bertz CT molecular complexity index is 833. The Hall–Kier alpha value is -2.38. The number of rotatable bonds is 9. The van der Waals surface area contributed by atoms with Crippen molar-refractivity contribution in [3.8, 4) is 5.75 Å². The molecule has 140 valence electrons. The number of hydrogen-bond donors (Lipinski definition) is 2. The van der Waals surface area contributed by atoms with Crippen LogP contribution in [0.25, 0.3) is 0 Å². The maximum atomic E-state index is 12.0. The van der Waals surface area contributed by atoms with E-state index in [1.807, 2.05) is 32.0 Å². The fourth-order valence-electron chi connectivity index (χ4n) is 2.24. The first-order valence-electron chi connectivity index (χ1n) is 8.56. The predicted molar refractivity (Wildman–Crippen MR) is 102 cm³/mol. The van der Waals surface area contributed by atoms with Gasteiger partial charge in [0.2, 0.25) is 10.0 Å². The van der Waals surface area contributed by atoms with Crippen LogP contribution in [0, 0.1) is 0 Å². The molecule has 0 heterocycles. The number of hydrogen-bond acceptors (Lipinski definition) is 4. The Morgan fingerprint density at radius 2 is 1.81 bits per heavy atom. The van der Waals surface area contributed by atoms with E-state index in [-0.39, 0.29) is 17.4 Å². The van der Waals surface area contributed by atoms with E-state index in [4.69, 9.17) is 4.74 Å². The Labute approximate surface area is 154 Å². The molecule has 0 atom stereocenters. The van der Waals surface area contributed by atoms with E-state index in [9.17, 15) is 13.2 Å². The highest BCUT2D eigenvalue weighted by Crippen LogP contribution is 2.15. The summed E-state index contributed by atoms with van der Waals surface area (Å²) in [6.07, 6.45) is 1.61. The number of carbonyl (C=O) groups is 1. The fraction of sp³-hybridized carbons (Fsp3) is 0.316. The van der Waals surface area contributed by atoms with Crippen molar-refractivity contribution in [2.75, 3.05) is 18.5 Å². The molecular weight excluding hydrogens is 352 g/mol. The average molecular weight is 376 g/mol. The third-order valence-electron chi connectivity index (χ3n) is 3.67. The van der Waals surface area contributed by atoms with Crippen molar-refractivity contribution in [1.82, 2.24) is 4.72 Å². The van der Waals surface area contributed by atoms with E-state index >= 15 is 0 Å². The standard InChI is InChI=1S/C19H24N2O4S/c1-3-12-20-26(23,24)18-10-8-16(9-11-18)21-19(22)14-25-17-7-5-6-15(4-2)13-17/h5-11,13,20H,3-4,12,14H2,1-2H3,(H,21,22). The summed E-state index contributed by atoms with van der Waals surface area (Å²) in [6, 6.07) is 13.6. The summed E-state index contributed by atoms with van der Waals surface area (Å²) >= 11 is 0. The normalized spacial score (nSPS) is 11.2. The number of sulfonamides is 1. The summed E-state index contributed by atoms with van der Waals surface area (Å²) in [6.45, 7) is 4.21. The van der Waals surface area contributed by atoms with Gasteiger partial charge >= 0.3 is 0 Å². The van der Waals surface area contributed by atoms with Crippen molar-refractivity contribution in [3.05, 3.63) is 54.1 Å². The van der Waals surface area contributed by atoms with Gasteiger partial charge in [0.15, 0.2) is 6.61 Å². The maximum Gasteiger partial charge on any atom is 0.262 e. The Morgan fingerprint density at radius 3 is 2.46 bits per heavy atom. The average Bonchev–Trinajstić information content (AvgIpc) is 2.65. The molecule has 0 bridgehead atoms. The third kappa shape index (κ3) is 5.86. The zero-order valence-electron chi connectivity index (χ0n) is 15.0. The smallest absolute Gasteiger partial charge is 0.262 e. The number of benzene rings is 2. The van der Waals surface area contributed by atoms with E-state index in [0.29, 0.717) is 24.4 Å².